The van der Waals surface area contributed by atoms with Crippen molar-refractivity contribution in [3.05, 3.63) is 0 Å². The lowest BCUT2D eigenvalue weighted by molar-refractivity contribution is 0.108. The first-order valence-electron chi connectivity index (χ1n) is 7.00. The first-order chi connectivity index (χ1) is 9.22. The average molecular weight is 269 g/mol. The maximum absolute atomic E-state index is 5.92. The van der Waals surface area contributed by atoms with Gasteiger partial charge in [0.05, 0.1) is 6.61 Å². The van der Waals surface area contributed by atoms with Gasteiger partial charge in [-0.1, -0.05) is 13.3 Å². The summed E-state index contributed by atoms with van der Waals surface area (Å²) < 4.78 is 16.2. The van der Waals surface area contributed by atoms with E-state index < -0.39 is 0 Å². The lowest BCUT2D eigenvalue weighted by Gasteiger charge is -2.25. The van der Waals surface area contributed by atoms with Crippen molar-refractivity contribution in [2.24, 2.45) is 0 Å². The summed E-state index contributed by atoms with van der Waals surface area (Å²) in [6.45, 7) is 2.73. The van der Waals surface area contributed by atoms with E-state index in [0.29, 0.717) is 24.4 Å². The fraction of sp³-hybridized carbons (Fsp3) is 0.846. The zero-order chi connectivity index (χ0) is 13.7. The minimum absolute atomic E-state index is 0.135. The molecule has 1 aliphatic rings. The Bertz CT molecular complexity index is 381. The number of likely N-dealkylation sites (N-methyl/N-ethyl adjacent to an activating group) is 1. The molecule has 2 atom stereocenters. The van der Waals surface area contributed by atoms with Crippen molar-refractivity contribution in [3.63, 3.8) is 0 Å². The van der Waals surface area contributed by atoms with Gasteiger partial charge in [0, 0.05) is 6.04 Å². The summed E-state index contributed by atoms with van der Waals surface area (Å²) in [6.07, 6.45) is 5.54. The summed E-state index contributed by atoms with van der Waals surface area (Å²) in [4.78, 5) is 2.20. The monoisotopic (exact) mass is 269 g/mol. The van der Waals surface area contributed by atoms with E-state index in [-0.39, 0.29) is 6.10 Å². The molecule has 1 saturated carbocycles. The van der Waals surface area contributed by atoms with Gasteiger partial charge in [0.1, 0.15) is 6.10 Å². The highest BCUT2D eigenvalue weighted by molar-refractivity contribution is 5.22. The van der Waals surface area contributed by atoms with E-state index in [9.17, 15) is 0 Å². The highest BCUT2D eigenvalue weighted by atomic mass is 16.6. The van der Waals surface area contributed by atoms with Crippen LogP contribution in [0.2, 0.25) is 0 Å². The Morgan fingerprint density at radius 3 is 2.79 bits per heavy atom. The summed E-state index contributed by atoms with van der Waals surface area (Å²) in [5.41, 5.74) is 0. The van der Waals surface area contributed by atoms with Gasteiger partial charge in [0.25, 0.3) is 0 Å². The molecule has 19 heavy (non-hydrogen) atoms. The molecule has 0 amide bonds. The summed E-state index contributed by atoms with van der Waals surface area (Å²) in [6, 6.07) is 0.417. The second-order valence-electron chi connectivity index (χ2n) is 5.19. The second kappa shape index (κ2) is 6.75. The van der Waals surface area contributed by atoms with Crippen molar-refractivity contribution >= 4 is 0 Å². The van der Waals surface area contributed by atoms with Crippen molar-refractivity contribution in [3.8, 4) is 11.8 Å². The summed E-state index contributed by atoms with van der Waals surface area (Å²) in [7, 11) is 4.15. The van der Waals surface area contributed by atoms with Crippen LogP contribution in [0.3, 0.4) is 0 Å². The quantitative estimate of drug-likeness (QED) is 0.706. The van der Waals surface area contributed by atoms with Crippen LogP contribution in [0.1, 0.15) is 39.0 Å². The van der Waals surface area contributed by atoms with Crippen LogP contribution >= 0.6 is 0 Å². The van der Waals surface area contributed by atoms with E-state index in [1.54, 1.807) is 0 Å². The largest absolute Gasteiger partial charge is 0.472 e. The number of hydrogen-bond donors (Lipinski definition) is 0. The van der Waals surface area contributed by atoms with Crippen LogP contribution in [0.4, 0.5) is 0 Å². The molecule has 0 N–H and O–H groups in total. The molecule has 108 valence electrons. The molecule has 1 aliphatic carbocycles. The van der Waals surface area contributed by atoms with Crippen LogP contribution in [0, 0.1) is 0 Å². The van der Waals surface area contributed by atoms with Gasteiger partial charge in [-0.25, -0.2) is 4.63 Å². The van der Waals surface area contributed by atoms with Crippen molar-refractivity contribution in [1.82, 2.24) is 15.2 Å². The van der Waals surface area contributed by atoms with Crippen LogP contribution in [0.25, 0.3) is 0 Å². The Hall–Kier alpha value is -1.30. The highest BCUT2D eigenvalue weighted by Crippen LogP contribution is 2.30. The van der Waals surface area contributed by atoms with Crippen LogP contribution in [-0.4, -0.2) is 48.1 Å². The maximum Gasteiger partial charge on any atom is 0.320 e. The van der Waals surface area contributed by atoms with Crippen molar-refractivity contribution in [2.75, 3.05) is 20.7 Å². The number of ether oxygens (including phenoxy) is 2. The fourth-order valence-corrected chi connectivity index (χ4v) is 2.42. The molecule has 2 rings (SSSR count). The van der Waals surface area contributed by atoms with Gasteiger partial charge in [0.15, 0.2) is 0 Å². The van der Waals surface area contributed by atoms with E-state index in [0.717, 1.165) is 25.7 Å². The van der Waals surface area contributed by atoms with Gasteiger partial charge in [-0.2, -0.15) is 0 Å². The predicted octanol–water partition coefficient (Wildman–Crippen LogP) is 2.11. The van der Waals surface area contributed by atoms with E-state index in [1.165, 1.54) is 6.42 Å². The fourth-order valence-electron chi connectivity index (χ4n) is 2.42. The number of aromatic nitrogens is 2. The topological polar surface area (TPSA) is 60.6 Å². The Balaban J connectivity index is 1.93. The molecule has 0 spiro atoms. The van der Waals surface area contributed by atoms with Gasteiger partial charge < -0.3 is 14.4 Å². The van der Waals surface area contributed by atoms with Gasteiger partial charge in [-0.15, -0.1) is 0 Å². The first kappa shape index (κ1) is 14.1. The highest BCUT2D eigenvalue weighted by Gasteiger charge is 2.32. The molecule has 0 bridgehead atoms. The molecule has 1 fully saturated rings. The molecule has 6 heteroatoms. The van der Waals surface area contributed by atoms with Gasteiger partial charge >= 0.3 is 11.8 Å². The molecule has 1 heterocycles. The zero-order valence-corrected chi connectivity index (χ0v) is 12.0. The molecule has 6 nitrogen and oxygen atoms in total. The smallest absolute Gasteiger partial charge is 0.320 e. The normalized spacial score (nSPS) is 22.9. The summed E-state index contributed by atoms with van der Waals surface area (Å²) >= 11 is 0. The molecule has 0 saturated heterocycles. The van der Waals surface area contributed by atoms with Crippen LogP contribution < -0.4 is 9.47 Å². The van der Waals surface area contributed by atoms with E-state index >= 15 is 0 Å². The Morgan fingerprint density at radius 1 is 1.26 bits per heavy atom. The standard InChI is InChI=1S/C13H23N3O3/c1-4-5-9-17-12-13(15-19-14-12)18-11-8-6-7-10(11)16(2)3/h10-11H,4-9H2,1-3H3/t10-,11-/m1/s1. The van der Waals surface area contributed by atoms with Crippen molar-refractivity contribution in [2.45, 2.75) is 51.2 Å². The summed E-state index contributed by atoms with van der Waals surface area (Å²) in [5.74, 6) is 0.757. The zero-order valence-electron chi connectivity index (χ0n) is 12.0. The second-order valence-corrected chi connectivity index (χ2v) is 5.19. The van der Waals surface area contributed by atoms with E-state index in [1.807, 2.05) is 0 Å². The summed E-state index contributed by atoms with van der Waals surface area (Å²) in [5, 5.41) is 7.55. The minimum atomic E-state index is 0.135. The van der Waals surface area contributed by atoms with Crippen LogP contribution in [0.15, 0.2) is 4.63 Å². The van der Waals surface area contributed by atoms with Crippen LogP contribution in [0.5, 0.6) is 11.8 Å². The molecule has 0 aliphatic heterocycles. The third-order valence-corrected chi connectivity index (χ3v) is 3.51. The number of unbranched alkanes of at least 4 members (excludes halogenated alkanes) is 1. The van der Waals surface area contributed by atoms with E-state index in [2.05, 4.69) is 36.2 Å². The molecule has 0 radical (unpaired) electrons. The first-order valence-corrected chi connectivity index (χ1v) is 7.00. The lowest BCUT2D eigenvalue weighted by atomic mass is 10.2. The predicted molar refractivity (Wildman–Crippen MR) is 70.4 cm³/mol. The number of hydrogen-bond acceptors (Lipinski definition) is 6. The van der Waals surface area contributed by atoms with Crippen molar-refractivity contribution in [1.29, 1.82) is 0 Å². The molecule has 0 unspecified atom stereocenters. The van der Waals surface area contributed by atoms with E-state index in [4.69, 9.17) is 14.1 Å². The van der Waals surface area contributed by atoms with Gasteiger partial charge in [-0.05, 0) is 50.1 Å². The SMILES string of the molecule is CCCCOc1nonc1O[C@@H]1CCC[C@H]1N(C)C. The Morgan fingerprint density at radius 2 is 2.05 bits per heavy atom. The molecule has 1 aromatic rings. The Labute approximate surface area is 114 Å². The minimum Gasteiger partial charge on any atom is -0.472 e. The lowest BCUT2D eigenvalue weighted by Crippen LogP contribution is -2.38. The molecular weight excluding hydrogens is 246 g/mol. The third kappa shape index (κ3) is 3.59. The van der Waals surface area contributed by atoms with Crippen LogP contribution in [-0.2, 0) is 0 Å². The number of nitrogens with zero attached hydrogens (tertiary/aromatic N) is 3. The average Bonchev–Trinajstić information content (AvgIpc) is 3.00. The maximum atomic E-state index is 5.92. The number of rotatable bonds is 7. The van der Waals surface area contributed by atoms with Gasteiger partial charge in [-0.3, -0.25) is 0 Å². The molecule has 1 aromatic heterocycles. The van der Waals surface area contributed by atoms with Crippen molar-refractivity contribution < 1.29 is 14.1 Å². The molecule has 0 aromatic carbocycles. The third-order valence-electron chi connectivity index (χ3n) is 3.51. The molecular formula is C13H23N3O3. The Kier molecular flexibility index (Phi) is 5.01. The van der Waals surface area contributed by atoms with Gasteiger partial charge in [0.2, 0.25) is 0 Å².